The Kier molecular flexibility index (Phi) is 5.33. The summed E-state index contributed by atoms with van der Waals surface area (Å²) in [5, 5.41) is 20.5. The zero-order chi connectivity index (χ0) is 12.8. The second-order valence-corrected chi connectivity index (χ2v) is 3.88. The van der Waals surface area contributed by atoms with Crippen molar-refractivity contribution >= 4 is 11.9 Å². The van der Waals surface area contributed by atoms with E-state index in [4.69, 9.17) is 14.6 Å². The van der Waals surface area contributed by atoms with E-state index in [0.717, 1.165) is 0 Å². The van der Waals surface area contributed by atoms with Crippen molar-refractivity contribution in [1.29, 1.82) is 0 Å². The maximum absolute atomic E-state index is 11.5. The minimum atomic E-state index is -1.06. The Morgan fingerprint density at radius 2 is 2.12 bits per heavy atom. The van der Waals surface area contributed by atoms with Crippen LogP contribution in [-0.4, -0.2) is 60.7 Å². The number of ether oxygens (including phenoxy) is 2. The van der Waals surface area contributed by atoms with E-state index in [-0.39, 0.29) is 13.2 Å². The number of hydrogen-bond donors (Lipinski definition) is 3. The zero-order valence-electron chi connectivity index (χ0n) is 9.59. The van der Waals surface area contributed by atoms with Gasteiger partial charge in [0.2, 0.25) is 5.91 Å². The summed E-state index contributed by atoms with van der Waals surface area (Å²) in [6, 6.07) is 0. The van der Waals surface area contributed by atoms with Crippen LogP contribution >= 0.6 is 0 Å². The first-order valence-corrected chi connectivity index (χ1v) is 5.37. The Labute approximate surface area is 98.7 Å². The highest BCUT2D eigenvalue weighted by Gasteiger charge is 2.34. The van der Waals surface area contributed by atoms with Crippen molar-refractivity contribution in [2.75, 3.05) is 20.3 Å². The molecule has 7 heteroatoms. The number of methoxy groups -OCH3 is 1. The van der Waals surface area contributed by atoms with Gasteiger partial charge in [-0.2, -0.15) is 0 Å². The molecule has 0 aromatic carbocycles. The highest BCUT2D eigenvalue weighted by atomic mass is 16.5. The molecule has 1 saturated heterocycles. The summed E-state index contributed by atoms with van der Waals surface area (Å²) < 4.78 is 9.75. The van der Waals surface area contributed by atoms with Gasteiger partial charge in [-0.15, -0.1) is 0 Å². The quantitative estimate of drug-likeness (QED) is 0.541. The molecule has 0 radical (unpaired) electrons. The topological polar surface area (TPSA) is 105 Å². The first-order chi connectivity index (χ1) is 8.04. The smallest absolute Gasteiger partial charge is 0.332 e. The second-order valence-electron chi connectivity index (χ2n) is 3.88. The highest BCUT2D eigenvalue weighted by molar-refractivity contribution is 5.82. The number of aliphatic hydroxyl groups excluding tert-OH is 1. The van der Waals surface area contributed by atoms with E-state index in [1.165, 1.54) is 7.11 Å². The minimum absolute atomic E-state index is 0.0598. The lowest BCUT2D eigenvalue weighted by Crippen LogP contribution is -2.40. The Morgan fingerprint density at radius 1 is 1.47 bits per heavy atom. The average molecular weight is 247 g/mol. The second kappa shape index (κ2) is 6.53. The Hall–Kier alpha value is -1.18. The van der Waals surface area contributed by atoms with Crippen molar-refractivity contribution < 1.29 is 29.3 Å². The van der Waals surface area contributed by atoms with Gasteiger partial charge in [-0.05, 0) is 12.8 Å². The molecule has 7 nitrogen and oxygen atoms in total. The molecule has 0 aromatic heterocycles. The Morgan fingerprint density at radius 3 is 2.65 bits per heavy atom. The fourth-order valence-electron chi connectivity index (χ4n) is 1.60. The fraction of sp³-hybridized carbons (Fsp3) is 0.800. The van der Waals surface area contributed by atoms with Gasteiger partial charge in [0.05, 0.1) is 12.7 Å². The van der Waals surface area contributed by atoms with E-state index >= 15 is 0 Å². The van der Waals surface area contributed by atoms with Gasteiger partial charge in [0.25, 0.3) is 0 Å². The number of amides is 1. The molecule has 3 unspecified atom stereocenters. The molecule has 0 aromatic rings. The molecule has 0 aliphatic carbocycles. The minimum Gasteiger partial charge on any atom is -0.479 e. The molecule has 0 spiro atoms. The highest BCUT2D eigenvalue weighted by Crippen LogP contribution is 2.19. The summed E-state index contributed by atoms with van der Waals surface area (Å²) >= 11 is 0. The maximum atomic E-state index is 11.5. The van der Waals surface area contributed by atoms with Gasteiger partial charge >= 0.3 is 5.97 Å². The Bertz CT molecular complexity index is 282. The summed E-state index contributed by atoms with van der Waals surface area (Å²) in [7, 11) is 1.45. The molecular formula is C10H17NO6. The van der Waals surface area contributed by atoms with Crippen LogP contribution in [0.1, 0.15) is 12.8 Å². The van der Waals surface area contributed by atoms with Gasteiger partial charge in [-0.3, -0.25) is 4.79 Å². The largest absolute Gasteiger partial charge is 0.479 e. The Balaban J connectivity index is 2.27. The number of rotatable bonds is 6. The van der Waals surface area contributed by atoms with Crippen LogP contribution < -0.4 is 5.32 Å². The van der Waals surface area contributed by atoms with Crippen LogP contribution in [0, 0.1) is 0 Å². The van der Waals surface area contributed by atoms with E-state index in [0.29, 0.717) is 12.8 Å². The fourth-order valence-corrected chi connectivity index (χ4v) is 1.60. The first-order valence-electron chi connectivity index (χ1n) is 5.37. The van der Waals surface area contributed by atoms with Crippen molar-refractivity contribution in [3.05, 3.63) is 0 Å². The molecule has 1 fully saturated rings. The van der Waals surface area contributed by atoms with Gasteiger partial charge in [0, 0.05) is 13.7 Å². The predicted octanol–water partition coefficient (Wildman–Crippen LogP) is -1.26. The number of carboxylic acids is 1. The average Bonchev–Trinajstić information content (AvgIpc) is 2.75. The molecule has 1 aliphatic heterocycles. The zero-order valence-corrected chi connectivity index (χ0v) is 9.59. The summed E-state index contributed by atoms with van der Waals surface area (Å²) in [4.78, 5) is 22.1. The van der Waals surface area contributed by atoms with Crippen LogP contribution in [0.3, 0.4) is 0 Å². The molecule has 1 heterocycles. The summed E-state index contributed by atoms with van der Waals surface area (Å²) in [5.41, 5.74) is 0. The third-order valence-electron chi connectivity index (χ3n) is 2.46. The lowest BCUT2D eigenvalue weighted by atomic mass is 10.2. The molecule has 1 aliphatic rings. The predicted molar refractivity (Wildman–Crippen MR) is 56.4 cm³/mol. The van der Waals surface area contributed by atoms with Crippen LogP contribution in [-0.2, 0) is 19.1 Å². The van der Waals surface area contributed by atoms with Crippen LogP contribution in [0.2, 0.25) is 0 Å². The SMILES string of the molecule is COCC(O)CNC(=O)C1CCC(C(=O)O)O1. The summed E-state index contributed by atoms with van der Waals surface area (Å²) in [6.07, 6.45) is -1.72. The van der Waals surface area contributed by atoms with E-state index in [9.17, 15) is 14.7 Å². The first kappa shape index (κ1) is 13.9. The molecule has 1 rings (SSSR count). The van der Waals surface area contributed by atoms with Gasteiger partial charge < -0.3 is 25.0 Å². The lowest BCUT2D eigenvalue weighted by Gasteiger charge is -2.14. The van der Waals surface area contributed by atoms with Crippen molar-refractivity contribution in [2.45, 2.75) is 31.2 Å². The summed E-state index contributed by atoms with van der Waals surface area (Å²) in [5.74, 6) is -1.45. The number of nitrogens with one attached hydrogen (secondary N) is 1. The number of carbonyl (C=O) groups is 2. The molecule has 0 bridgehead atoms. The van der Waals surface area contributed by atoms with Crippen molar-refractivity contribution in [1.82, 2.24) is 5.32 Å². The van der Waals surface area contributed by atoms with Crippen LogP contribution in [0.5, 0.6) is 0 Å². The monoisotopic (exact) mass is 247 g/mol. The third kappa shape index (κ3) is 4.29. The number of hydrogen-bond acceptors (Lipinski definition) is 5. The van der Waals surface area contributed by atoms with Crippen LogP contribution in [0.25, 0.3) is 0 Å². The molecule has 1 amide bonds. The van der Waals surface area contributed by atoms with Crippen molar-refractivity contribution in [3.63, 3.8) is 0 Å². The molecule has 0 saturated carbocycles. The number of carboxylic acid groups (broad SMARTS) is 1. The molecule has 3 atom stereocenters. The molecular weight excluding hydrogens is 230 g/mol. The van der Waals surface area contributed by atoms with E-state index < -0.39 is 30.2 Å². The number of carbonyl (C=O) groups excluding carboxylic acids is 1. The normalized spacial score (nSPS) is 25.5. The van der Waals surface area contributed by atoms with Crippen molar-refractivity contribution in [2.24, 2.45) is 0 Å². The number of aliphatic hydroxyl groups is 1. The van der Waals surface area contributed by atoms with E-state index in [2.05, 4.69) is 5.32 Å². The standard InChI is InChI=1S/C10H17NO6/c1-16-5-6(12)4-11-9(13)7-2-3-8(17-7)10(14)15/h6-8,12H,2-5H2,1H3,(H,11,13)(H,14,15). The van der Waals surface area contributed by atoms with Gasteiger partial charge in [-0.25, -0.2) is 4.79 Å². The third-order valence-corrected chi connectivity index (χ3v) is 2.46. The summed E-state index contributed by atoms with van der Waals surface area (Å²) in [6.45, 7) is 0.188. The number of aliphatic carboxylic acids is 1. The molecule has 3 N–H and O–H groups in total. The van der Waals surface area contributed by atoms with Crippen LogP contribution in [0.15, 0.2) is 0 Å². The molecule has 98 valence electrons. The van der Waals surface area contributed by atoms with Gasteiger partial charge in [0.1, 0.15) is 6.10 Å². The van der Waals surface area contributed by atoms with E-state index in [1.54, 1.807) is 0 Å². The van der Waals surface area contributed by atoms with Crippen molar-refractivity contribution in [3.8, 4) is 0 Å². The maximum Gasteiger partial charge on any atom is 0.332 e. The van der Waals surface area contributed by atoms with Gasteiger partial charge in [0.15, 0.2) is 6.10 Å². The molecule has 17 heavy (non-hydrogen) atoms. The van der Waals surface area contributed by atoms with E-state index in [1.807, 2.05) is 0 Å². The van der Waals surface area contributed by atoms with Gasteiger partial charge in [-0.1, -0.05) is 0 Å². The van der Waals surface area contributed by atoms with Crippen LogP contribution in [0.4, 0.5) is 0 Å². The lowest BCUT2D eigenvalue weighted by molar-refractivity contribution is -0.151.